The second-order valence-electron chi connectivity index (χ2n) is 7.51. The van der Waals surface area contributed by atoms with Crippen LogP contribution < -0.4 is 4.74 Å². The minimum atomic E-state index is -0.113. The Balaban J connectivity index is 1.70. The van der Waals surface area contributed by atoms with E-state index in [1.54, 1.807) is 4.68 Å². The Hall–Kier alpha value is -1.96. The summed E-state index contributed by atoms with van der Waals surface area (Å²) in [5, 5.41) is 8.95. The highest BCUT2D eigenvalue weighted by atomic mass is 79.9. The summed E-state index contributed by atoms with van der Waals surface area (Å²) in [6.45, 7) is 5.68. The van der Waals surface area contributed by atoms with E-state index in [-0.39, 0.29) is 24.1 Å². The number of aromatic nitrogens is 4. The van der Waals surface area contributed by atoms with Crippen LogP contribution in [0.15, 0.2) is 12.1 Å². The standard InChI is InChI=1S/C20H27BrN4O3/c1-12(2)27-20(26)14-6-5-7-15(10-14)28-18-9-8-16(22-13(18)3)19-17(11-21)25(4)24-23-19/h8-9,12,14-15H,5-7,10-11H2,1-4H3/t14?,15-/m0/s1. The van der Waals surface area contributed by atoms with Crippen molar-refractivity contribution in [3.8, 4) is 17.1 Å². The van der Waals surface area contributed by atoms with Crippen LogP contribution in [0, 0.1) is 12.8 Å². The van der Waals surface area contributed by atoms with Crippen molar-refractivity contribution < 1.29 is 14.3 Å². The molecule has 0 aliphatic heterocycles. The van der Waals surface area contributed by atoms with Gasteiger partial charge in [0.1, 0.15) is 11.4 Å². The lowest BCUT2D eigenvalue weighted by Gasteiger charge is -2.29. The Morgan fingerprint density at radius 2 is 2.14 bits per heavy atom. The minimum absolute atomic E-state index is 0.000526. The second kappa shape index (κ2) is 9.03. The average molecular weight is 451 g/mol. The fraction of sp³-hybridized carbons (Fsp3) is 0.600. The van der Waals surface area contributed by atoms with Gasteiger partial charge >= 0.3 is 5.97 Å². The van der Waals surface area contributed by atoms with Crippen LogP contribution in [0.5, 0.6) is 5.75 Å². The number of hydrogen-bond donors (Lipinski definition) is 0. The molecule has 0 bridgehead atoms. The summed E-state index contributed by atoms with van der Waals surface area (Å²) in [7, 11) is 1.86. The zero-order valence-corrected chi connectivity index (χ0v) is 18.4. The highest BCUT2D eigenvalue weighted by molar-refractivity contribution is 9.08. The largest absolute Gasteiger partial charge is 0.489 e. The van der Waals surface area contributed by atoms with E-state index in [9.17, 15) is 4.79 Å². The van der Waals surface area contributed by atoms with Gasteiger partial charge < -0.3 is 9.47 Å². The van der Waals surface area contributed by atoms with Gasteiger partial charge in [0.05, 0.1) is 35.2 Å². The van der Waals surface area contributed by atoms with Gasteiger partial charge in [0.2, 0.25) is 0 Å². The molecule has 0 radical (unpaired) electrons. The maximum absolute atomic E-state index is 12.2. The van der Waals surface area contributed by atoms with Crippen LogP contribution in [0.25, 0.3) is 11.4 Å². The van der Waals surface area contributed by atoms with Gasteiger partial charge in [-0.2, -0.15) is 0 Å². The van der Waals surface area contributed by atoms with Crippen LogP contribution >= 0.6 is 15.9 Å². The number of alkyl halides is 1. The number of ether oxygens (including phenoxy) is 2. The molecule has 2 aromatic heterocycles. The lowest BCUT2D eigenvalue weighted by Crippen LogP contribution is -2.31. The van der Waals surface area contributed by atoms with Crippen LogP contribution in [-0.4, -0.2) is 38.2 Å². The first kappa shape index (κ1) is 20.8. The monoisotopic (exact) mass is 450 g/mol. The van der Waals surface area contributed by atoms with Crippen molar-refractivity contribution in [2.45, 2.75) is 64.0 Å². The van der Waals surface area contributed by atoms with Crippen LogP contribution in [0.1, 0.15) is 50.9 Å². The number of halogens is 1. The lowest BCUT2D eigenvalue weighted by atomic mass is 9.87. The molecule has 1 fully saturated rings. The van der Waals surface area contributed by atoms with Gasteiger partial charge in [0.15, 0.2) is 0 Å². The lowest BCUT2D eigenvalue weighted by molar-refractivity contribution is -0.154. The van der Waals surface area contributed by atoms with Gasteiger partial charge in [0, 0.05) is 12.4 Å². The summed E-state index contributed by atoms with van der Waals surface area (Å²) >= 11 is 3.48. The fourth-order valence-electron chi connectivity index (χ4n) is 3.50. The molecule has 1 saturated carbocycles. The van der Waals surface area contributed by atoms with E-state index in [2.05, 4.69) is 31.2 Å². The summed E-state index contributed by atoms with van der Waals surface area (Å²) in [5.74, 6) is 0.545. The van der Waals surface area contributed by atoms with Gasteiger partial charge in [-0.05, 0) is 58.6 Å². The number of nitrogens with zero attached hydrogens (tertiary/aromatic N) is 4. The van der Waals surface area contributed by atoms with Gasteiger partial charge in [-0.25, -0.2) is 4.98 Å². The molecule has 0 saturated heterocycles. The van der Waals surface area contributed by atoms with E-state index in [4.69, 9.17) is 9.47 Å². The van der Waals surface area contributed by atoms with Crippen LogP contribution in [0.2, 0.25) is 0 Å². The van der Waals surface area contributed by atoms with E-state index in [0.29, 0.717) is 11.8 Å². The molecule has 3 rings (SSSR count). The van der Waals surface area contributed by atoms with Crippen molar-refractivity contribution in [3.63, 3.8) is 0 Å². The zero-order valence-electron chi connectivity index (χ0n) is 16.8. The Bertz CT molecular complexity index is 837. The molecule has 0 spiro atoms. The van der Waals surface area contributed by atoms with Crippen molar-refractivity contribution in [1.29, 1.82) is 0 Å². The quantitative estimate of drug-likeness (QED) is 0.489. The third-order valence-corrected chi connectivity index (χ3v) is 5.49. The summed E-state index contributed by atoms with van der Waals surface area (Å²) in [5.41, 5.74) is 3.31. The summed E-state index contributed by atoms with van der Waals surface area (Å²) in [6, 6.07) is 3.84. The molecule has 7 nitrogen and oxygen atoms in total. The van der Waals surface area contributed by atoms with Gasteiger partial charge in [-0.1, -0.05) is 21.1 Å². The van der Waals surface area contributed by atoms with E-state index in [0.717, 1.165) is 47.8 Å². The van der Waals surface area contributed by atoms with E-state index in [1.165, 1.54) is 0 Å². The SMILES string of the molecule is Cc1nc(-c2nnn(C)c2CBr)ccc1O[C@H]1CCCC(C(=O)OC(C)C)C1. The van der Waals surface area contributed by atoms with Crippen LogP contribution in [0.4, 0.5) is 0 Å². The molecule has 28 heavy (non-hydrogen) atoms. The van der Waals surface area contributed by atoms with Crippen molar-refractivity contribution in [2.75, 3.05) is 0 Å². The number of pyridine rings is 1. The normalized spacial score (nSPS) is 19.6. The first-order valence-electron chi connectivity index (χ1n) is 9.68. The Morgan fingerprint density at radius 1 is 1.36 bits per heavy atom. The highest BCUT2D eigenvalue weighted by Gasteiger charge is 2.30. The number of hydrogen-bond acceptors (Lipinski definition) is 6. The maximum Gasteiger partial charge on any atom is 0.309 e. The van der Waals surface area contributed by atoms with Gasteiger partial charge in [-0.3, -0.25) is 9.48 Å². The molecule has 0 aromatic carbocycles. The summed E-state index contributed by atoms with van der Waals surface area (Å²) in [6.07, 6.45) is 3.36. The molecule has 1 unspecified atom stereocenters. The Kier molecular flexibility index (Phi) is 6.69. The molecule has 0 amide bonds. The number of rotatable bonds is 6. The average Bonchev–Trinajstić information content (AvgIpc) is 3.03. The van der Waals surface area contributed by atoms with Crippen LogP contribution in [-0.2, 0) is 21.9 Å². The first-order chi connectivity index (χ1) is 13.4. The fourth-order valence-corrected chi connectivity index (χ4v) is 4.13. The molecule has 2 atom stereocenters. The van der Waals surface area contributed by atoms with Crippen molar-refractivity contribution in [3.05, 3.63) is 23.5 Å². The molecule has 8 heteroatoms. The Labute approximate surface area is 173 Å². The summed E-state index contributed by atoms with van der Waals surface area (Å²) in [4.78, 5) is 16.9. The van der Waals surface area contributed by atoms with Crippen LogP contribution in [0.3, 0.4) is 0 Å². The number of esters is 1. The third-order valence-electron chi connectivity index (χ3n) is 4.95. The third kappa shape index (κ3) is 4.71. The maximum atomic E-state index is 12.2. The van der Waals surface area contributed by atoms with Gasteiger partial charge in [-0.15, -0.1) is 5.10 Å². The Morgan fingerprint density at radius 3 is 2.82 bits per heavy atom. The first-order valence-corrected chi connectivity index (χ1v) is 10.8. The predicted molar refractivity (Wildman–Crippen MR) is 109 cm³/mol. The highest BCUT2D eigenvalue weighted by Crippen LogP contribution is 2.31. The molecule has 1 aliphatic rings. The molecule has 1 aliphatic carbocycles. The van der Waals surface area contributed by atoms with E-state index in [1.807, 2.05) is 40.0 Å². The van der Waals surface area contributed by atoms with E-state index < -0.39 is 0 Å². The zero-order chi connectivity index (χ0) is 20.3. The molecule has 152 valence electrons. The molecule has 0 N–H and O–H groups in total. The second-order valence-corrected chi connectivity index (χ2v) is 8.07. The van der Waals surface area contributed by atoms with E-state index >= 15 is 0 Å². The minimum Gasteiger partial charge on any atom is -0.489 e. The topological polar surface area (TPSA) is 79.1 Å². The molecule has 2 aromatic rings. The van der Waals surface area contributed by atoms with Gasteiger partial charge in [0.25, 0.3) is 0 Å². The van der Waals surface area contributed by atoms with Crippen molar-refractivity contribution in [2.24, 2.45) is 13.0 Å². The number of aryl methyl sites for hydroxylation is 2. The van der Waals surface area contributed by atoms with Crippen molar-refractivity contribution in [1.82, 2.24) is 20.0 Å². The smallest absolute Gasteiger partial charge is 0.309 e. The molecule has 2 heterocycles. The number of carbonyl (C=O) groups is 1. The van der Waals surface area contributed by atoms with Crippen molar-refractivity contribution >= 4 is 21.9 Å². The number of carbonyl (C=O) groups excluding carboxylic acids is 1. The summed E-state index contributed by atoms with van der Waals surface area (Å²) < 4.78 is 13.3. The predicted octanol–water partition coefficient (Wildman–Crippen LogP) is 3.97. The molecular formula is C20H27BrN4O3. The molecular weight excluding hydrogens is 424 g/mol.